The van der Waals surface area contributed by atoms with Gasteiger partial charge in [-0.3, -0.25) is 9.89 Å². The summed E-state index contributed by atoms with van der Waals surface area (Å²) in [4.78, 5) is 12.6. The lowest BCUT2D eigenvalue weighted by Crippen LogP contribution is -2.13. The molecule has 0 saturated carbocycles. The van der Waals surface area contributed by atoms with E-state index in [1.165, 1.54) is 0 Å². The van der Waals surface area contributed by atoms with Gasteiger partial charge in [-0.2, -0.15) is 10.2 Å². The molecule has 0 unspecified atom stereocenters. The molecule has 2 heterocycles. The lowest BCUT2D eigenvalue weighted by atomic mass is 10.2. The van der Waals surface area contributed by atoms with Crippen molar-refractivity contribution in [3.8, 4) is 11.4 Å². The summed E-state index contributed by atoms with van der Waals surface area (Å²) in [7, 11) is 1.59. The van der Waals surface area contributed by atoms with Gasteiger partial charge in [0.2, 0.25) is 0 Å². The van der Waals surface area contributed by atoms with Crippen LogP contribution in [-0.4, -0.2) is 33.0 Å². The number of aromatic amines is 1. The molecular weight excluding hydrogens is 342 g/mol. The summed E-state index contributed by atoms with van der Waals surface area (Å²) in [5.41, 5.74) is 4.54. The first-order chi connectivity index (χ1) is 13.1. The molecule has 0 atom stereocenters. The van der Waals surface area contributed by atoms with E-state index in [9.17, 15) is 4.79 Å². The Morgan fingerprint density at radius 3 is 2.70 bits per heavy atom. The molecule has 0 saturated heterocycles. The number of anilines is 1. The van der Waals surface area contributed by atoms with E-state index in [1.54, 1.807) is 13.2 Å². The third kappa shape index (κ3) is 3.03. The summed E-state index contributed by atoms with van der Waals surface area (Å²) in [6.07, 6.45) is 0. The van der Waals surface area contributed by atoms with Crippen molar-refractivity contribution in [1.29, 1.82) is 0 Å². The Labute approximate surface area is 156 Å². The first kappa shape index (κ1) is 16.8. The highest BCUT2D eigenvalue weighted by molar-refractivity contribution is 6.11. The smallest absolute Gasteiger partial charge is 0.276 e. The molecule has 4 aromatic rings. The lowest BCUT2D eigenvalue weighted by molar-refractivity contribution is 0.102. The third-order valence-corrected chi connectivity index (χ3v) is 4.36. The maximum absolute atomic E-state index is 12.6. The Kier molecular flexibility index (Phi) is 4.12. The summed E-state index contributed by atoms with van der Waals surface area (Å²) in [5, 5.41) is 15.1. The summed E-state index contributed by atoms with van der Waals surface area (Å²) < 4.78 is 7.33. The van der Waals surface area contributed by atoms with Crippen molar-refractivity contribution >= 4 is 22.5 Å². The minimum Gasteiger partial charge on any atom is -0.494 e. The van der Waals surface area contributed by atoms with Crippen LogP contribution in [0.5, 0.6) is 5.75 Å². The zero-order valence-electron chi connectivity index (χ0n) is 15.3. The van der Waals surface area contributed by atoms with E-state index in [-0.39, 0.29) is 5.91 Å². The van der Waals surface area contributed by atoms with Gasteiger partial charge >= 0.3 is 0 Å². The number of rotatable bonds is 4. The number of para-hydroxylation sites is 1. The monoisotopic (exact) mass is 361 g/mol. The zero-order chi connectivity index (χ0) is 19.0. The average Bonchev–Trinajstić information content (AvgIpc) is 3.24. The van der Waals surface area contributed by atoms with Crippen molar-refractivity contribution in [1.82, 2.24) is 20.0 Å². The van der Waals surface area contributed by atoms with Gasteiger partial charge in [0, 0.05) is 22.8 Å². The number of hydrogen-bond acceptors (Lipinski definition) is 4. The molecule has 7 nitrogen and oxygen atoms in total. The summed E-state index contributed by atoms with van der Waals surface area (Å²) in [6.45, 7) is 3.93. The van der Waals surface area contributed by atoms with Crippen LogP contribution < -0.4 is 10.1 Å². The standard InChI is InChI=1S/C20H19N5O2/c1-12-10-13(2)25(24-12)17-9-8-14(11-18(17)27-3)21-20(26)19-15-6-4-5-7-16(15)22-23-19/h4-11H,1-3H3,(H,21,26)(H,22,23). The second kappa shape index (κ2) is 6.60. The minimum absolute atomic E-state index is 0.284. The Bertz CT molecular complexity index is 1140. The van der Waals surface area contributed by atoms with Gasteiger partial charge in [-0.15, -0.1) is 0 Å². The molecule has 0 bridgehead atoms. The molecule has 2 aromatic carbocycles. The number of H-pyrrole nitrogens is 1. The number of benzene rings is 2. The van der Waals surface area contributed by atoms with Crippen molar-refractivity contribution in [3.05, 3.63) is 65.6 Å². The minimum atomic E-state index is -0.284. The van der Waals surface area contributed by atoms with Crippen molar-refractivity contribution in [2.24, 2.45) is 0 Å². The Hall–Kier alpha value is -3.61. The van der Waals surface area contributed by atoms with Crippen molar-refractivity contribution in [3.63, 3.8) is 0 Å². The highest BCUT2D eigenvalue weighted by atomic mass is 16.5. The molecule has 136 valence electrons. The second-order valence-corrected chi connectivity index (χ2v) is 6.30. The molecule has 2 aromatic heterocycles. The predicted molar refractivity (Wildman–Crippen MR) is 104 cm³/mol. The summed E-state index contributed by atoms with van der Waals surface area (Å²) in [6, 6.07) is 15.0. The van der Waals surface area contributed by atoms with Gasteiger partial charge in [-0.1, -0.05) is 18.2 Å². The second-order valence-electron chi connectivity index (χ2n) is 6.30. The summed E-state index contributed by atoms with van der Waals surface area (Å²) in [5.74, 6) is 0.333. The molecule has 0 spiro atoms. The van der Waals surface area contributed by atoms with Crippen LogP contribution in [0.1, 0.15) is 21.9 Å². The largest absolute Gasteiger partial charge is 0.494 e. The molecule has 0 aliphatic heterocycles. The van der Waals surface area contributed by atoms with E-state index in [0.717, 1.165) is 28.0 Å². The van der Waals surface area contributed by atoms with E-state index in [4.69, 9.17) is 4.74 Å². The van der Waals surface area contributed by atoms with Crippen molar-refractivity contribution in [2.45, 2.75) is 13.8 Å². The van der Waals surface area contributed by atoms with Gasteiger partial charge in [0.1, 0.15) is 11.4 Å². The molecule has 7 heteroatoms. The molecule has 4 rings (SSSR count). The number of fused-ring (bicyclic) bond motifs is 1. The van der Waals surface area contributed by atoms with Crippen LogP contribution in [-0.2, 0) is 0 Å². The number of hydrogen-bond donors (Lipinski definition) is 2. The van der Waals surface area contributed by atoms with Crippen LogP contribution in [0.4, 0.5) is 5.69 Å². The van der Waals surface area contributed by atoms with Crippen LogP contribution in [0, 0.1) is 13.8 Å². The van der Waals surface area contributed by atoms with Crippen LogP contribution in [0.3, 0.4) is 0 Å². The number of carbonyl (C=O) groups is 1. The molecule has 0 aliphatic carbocycles. The van der Waals surface area contributed by atoms with Crippen molar-refractivity contribution < 1.29 is 9.53 Å². The number of nitrogens with one attached hydrogen (secondary N) is 2. The number of carbonyl (C=O) groups excluding carboxylic acids is 1. The fourth-order valence-electron chi connectivity index (χ4n) is 3.13. The quantitative estimate of drug-likeness (QED) is 0.581. The first-order valence-electron chi connectivity index (χ1n) is 8.53. The topological polar surface area (TPSA) is 84.8 Å². The van der Waals surface area contributed by atoms with Crippen LogP contribution in [0.2, 0.25) is 0 Å². The highest BCUT2D eigenvalue weighted by Gasteiger charge is 2.16. The number of aromatic nitrogens is 4. The molecule has 0 aliphatic rings. The summed E-state index contributed by atoms with van der Waals surface area (Å²) >= 11 is 0. The third-order valence-electron chi connectivity index (χ3n) is 4.36. The molecule has 0 fully saturated rings. The van der Waals surface area contributed by atoms with E-state index < -0.39 is 0 Å². The number of amides is 1. The van der Waals surface area contributed by atoms with E-state index >= 15 is 0 Å². The van der Waals surface area contributed by atoms with E-state index in [1.807, 2.05) is 61.0 Å². The fraction of sp³-hybridized carbons (Fsp3) is 0.150. The van der Waals surface area contributed by atoms with Crippen LogP contribution >= 0.6 is 0 Å². The van der Waals surface area contributed by atoms with Gasteiger partial charge in [0.15, 0.2) is 5.69 Å². The van der Waals surface area contributed by atoms with E-state index in [2.05, 4.69) is 20.6 Å². The van der Waals surface area contributed by atoms with Crippen LogP contribution in [0.15, 0.2) is 48.5 Å². The Morgan fingerprint density at radius 2 is 1.96 bits per heavy atom. The molecule has 1 amide bonds. The first-order valence-corrected chi connectivity index (χ1v) is 8.53. The maximum atomic E-state index is 12.6. The fourth-order valence-corrected chi connectivity index (χ4v) is 3.13. The molecule has 0 radical (unpaired) electrons. The number of ether oxygens (including phenoxy) is 1. The van der Waals surface area contributed by atoms with E-state index in [0.29, 0.717) is 17.1 Å². The predicted octanol–water partition coefficient (Wildman–Crippen LogP) is 3.63. The van der Waals surface area contributed by atoms with Gasteiger partial charge < -0.3 is 10.1 Å². The Balaban J connectivity index is 1.65. The van der Waals surface area contributed by atoms with Crippen molar-refractivity contribution in [2.75, 3.05) is 12.4 Å². The van der Waals surface area contributed by atoms with Gasteiger partial charge in [0.05, 0.1) is 18.3 Å². The SMILES string of the molecule is COc1cc(NC(=O)c2n[nH]c3ccccc23)ccc1-n1nc(C)cc1C. The normalized spacial score (nSPS) is 10.9. The molecule has 27 heavy (non-hydrogen) atoms. The number of aryl methyl sites for hydroxylation is 2. The van der Waals surface area contributed by atoms with Gasteiger partial charge in [-0.05, 0) is 38.1 Å². The molecule has 2 N–H and O–H groups in total. The zero-order valence-corrected chi connectivity index (χ0v) is 15.3. The lowest BCUT2D eigenvalue weighted by Gasteiger charge is -2.12. The highest BCUT2D eigenvalue weighted by Crippen LogP contribution is 2.28. The number of nitrogens with zero attached hydrogens (tertiary/aromatic N) is 3. The van der Waals surface area contributed by atoms with Gasteiger partial charge in [0.25, 0.3) is 5.91 Å². The maximum Gasteiger partial charge on any atom is 0.276 e. The van der Waals surface area contributed by atoms with Gasteiger partial charge in [-0.25, -0.2) is 4.68 Å². The molecular formula is C20H19N5O2. The van der Waals surface area contributed by atoms with Crippen LogP contribution in [0.25, 0.3) is 16.6 Å². The average molecular weight is 361 g/mol. The number of methoxy groups -OCH3 is 1. The Morgan fingerprint density at radius 1 is 1.15 bits per heavy atom.